The fourth-order valence-corrected chi connectivity index (χ4v) is 3.97. The van der Waals surface area contributed by atoms with Crippen molar-refractivity contribution in [1.29, 1.82) is 0 Å². The van der Waals surface area contributed by atoms with Crippen molar-refractivity contribution in [2.24, 2.45) is 4.99 Å². The highest BCUT2D eigenvalue weighted by atomic mass is 79.9. The lowest BCUT2D eigenvalue weighted by atomic mass is 10.1. The number of carbonyl (C=O) groups excluding carboxylic acids is 1. The first-order valence-electron chi connectivity index (χ1n) is 5.88. The molecule has 7 heteroatoms. The number of hydrogen-bond acceptors (Lipinski definition) is 4. The number of carbonyl (C=O) groups is 1. The van der Waals surface area contributed by atoms with Crippen LogP contribution in [0, 0.1) is 3.95 Å². The summed E-state index contributed by atoms with van der Waals surface area (Å²) in [5.74, 6) is -0.304. The van der Waals surface area contributed by atoms with Gasteiger partial charge in [0.15, 0.2) is 3.95 Å². The molecule has 1 N–H and O–H groups in total. The van der Waals surface area contributed by atoms with E-state index in [-0.39, 0.29) is 11.8 Å². The number of aromatic nitrogens is 1. The number of rotatable bonds is 2. The molecule has 0 bridgehead atoms. The molecule has 0 atom stereocenters. The molecule has 1 aromatic carbocycles. The number of nitrogens with zero attached hydrogens (tertiary/aromatic N) is 2. The molecule has 2 aromatic rings. The number of fused-ring (bicyclic) bond motifs is 1. The Hall–Kier alpha value is -1.31. The van der Waals surface area contributed by atoms with Gasteiger partial charge in [0.05, 0.1) is 10.9 Å². The van der Waals surface area contributed by atoms with Crippen LogP contribution in [0.2, 0.25) is 0 Å². The maximum atomic E-state index is 12.1. The van der Waals surface area contributed by atoms with Crippen LogP contribution >= 0.6 is 39.5 Å². The van der Waals surface area contributed by atoms with Crippen LogP contribution in [0.1, 0.15) is 11.8 Å². The number of hydrogen-bond donors (Lipinski definition) is 1. The van der Waals surface area contributed by atoms with Gasteiger partial charge in [0.1, 0.15) is 4.88 Å². The molecule has 0 unspecified atom stereocenters. The Morgan fingerprint density at radius 2 is 2.25 bits per heavy atom. The van der Waals surface area contributed by atoms with Crippen LogP contribution in [-0.4, -0.2) is 15.6 Å². The van der Waals surface area contributed by atoms with Gasteiger partial charge < -0.3 is 5.11 Å². The smallest absolute Gasteiger partial charge is 0.279 e. The second-order valence-corrected chi connectivity index (χ2v) is 6.78. The van der Waals surface area contributed by atoms with Crippen LogP contribution in [0.25, 0.3) is 5.57 Å². The third kappa shape index (κ3) is 1.97. The van der Waals surface area contributed by atoms with Crippen LogP contribution in [-0.2, 0) is 11.3 Å². The largest absolute Gasteiger partial charge is 0.493 e. The van der Waals surface area contributed by atoms with Gasteiger partial charge in [0, 0.05) is 16.2 Å². The number of halogens is 1. The predicted octanol–water partition coefficient (Wildman–Crippen LogP) is 2.13. The van der Waals surface area contributed by atoms with Gasteiger partial charge in [-0.15, -0.1) is 11.3 Å². The lowest BCUT2D eigenvalue weighted by molar-refractivity contribution is -0.112. The van der Waals surface area contributed by atoms with Crippen LogP contribution in [0.5, 0.6) is 5.88 Å². The number of benzene rings is 1. The first-order valence-corrected chi connectivity index (χ1v) is 7.90. The summed E-state index contributed by atoms with van der Waals surface area (Å²) in [7, 11) is 0. The maximum absolute atomic E-state index is 12.1. The second kappa shape index (κ2) is 4.91. The van der Waals surface area contributed by atoms with Crippen LogP contribution in [0.4, 0.5) is 0 Å². The molecule has 0 radical (unpaired) electrons. The third-order valence-corrected chi connectivity index (χ3v) is 5.03. The van der Waals surface area contributed by atoms with Gasteiger partial charge in [-0.3, -0.25) is 9.36 Å². The molecular formula is C13H9BrN2O2S2. The van der Waals surface area contributed by atoms with Gasteiger partial charge in [0.2, 0.25) is 5.88 Å². The van der Waals surface area contributed by atoms with E-state index in [9.17, 15) is 9.90 Å². The average molecular weight is 369 g/mol. The van der Waals surface area contributed by atoms with E-state index in [4.69, 9.17) is 12.2 Å². The quantitative estimate of drug-likeness (QED) is 0.826. The number of amides is 1. The van der Waals surface area contributed by atoms with Crippen molar-refractivity contribution in [2.75, 3.05) is 0 Å². The molecule has 3 rings (SSSR count). The van der Waals surface area contributed by atoms with Gasteiger partial charge in [-0.2, -0.15) is 0 Å². The Morgan fingerprint density at radius 1 is 1.50 bits per heavy atom. The highest BCUT2D eigenvalue weighted by Gasteiger charge is 2.24. The summed E-state index contributed by atoms with van der Waals surface area (Å²) < 4.78 is 3.01. The molecule has 1 amide bonds. The van der Waals surface area contributed by atoms with Gasteiger partial charge in [0.25, 0.3) is 5.91 Å². The SMILES string of the molecule is CCn1c(O)c(C2=c3cc(Br)ccc3=NC2=O)sc1=S. The summed E-state index contributed by atoms with van der Waals surface area (Å²) in [5, 5.41) is 11.6. The molecular weight excluding hydrogens is 360 g/mol. The molecule has 4 nitrogen and oxygen atoms in total. The zero-order chi connectivity index (χ0) is 14.4. The minimum atomic E-state index is -0.340. The lowest BCUT2D eigenvalue weighted by Crippen LogP contribution is -2.22. The predicted molar refractivity (Wildman–Crippen MR) is 82.9 cm³/mol. The summed E-state index contributed by atoms with van der Waals surface area (Å²) in [5.41, 5.74) is 0.419. The van der Waals surface area contributed by atoms with Crippen molar-refractivity contribution in [3.63, 3.8) is 0 Å². The normalized spacial score (nSPS) is 13.5. The fourth-order valence-electron chi connectivity index (χ4n) is 2.14. The molecule has 1 aliphatic rings. The van der Waals surface area contributed by atoms with Crippen molar-refractivity contribution >= 4 is 51.0 Å². The van der Waals surface area contributed by atoms with E-state index in [1.165, 1.54) is 11.3 Å². The van der Waals surface area contributed by atoms with Crippen LogP contribution < -0.4 is 10.6 Å². The molecule has 1 aromatic heterocycles. The van der Waals surface area contributed by atoms with E-state index in [2.05, 4.69) is 20.9 Å². The Bertz CT molecular complexity index is 911. The Morgan fingerprint density at radius 3 is 2.90 bits per heavy atom. The highest BCUT2D eigenvalue weighted by molar-refractivity contribution is 9.10. The lowest BCUT2D eigenvalue weighted by Gasteiger charge is -2.01. The zero-order valence-electron chi connectivity index (χ0n) is 10.4. The summed E-state index contributed by atoms with van der Waals surface area (Å²) in [6.07, 6.45) is 0. The van der Waals surface area contributed by atoms with Gasteiger partial charge in [-0.05, 0) is 37.3 Å². The fraction of sp³-hybridized carbons (Fsp3) is 0.154. The average Bonchev–Trinajstić information content (AvgIpc) is 2.85. The third-order valence-electron chi connectivity index (χ3n) is 3.08. The molecule has 0 saturated heterocycles. The first kappa shape index (κ1) is 13.7. The van der Waals surface area contributed by atoms with E-state index in [0.29, 0.717) is 26.3 Å². The second-order valence-electron chi connectivity index (χ2n) is 4.22. The van der Waals surface area contributed by atoms with Crippen LogP contribution in [0.15, 0.2) is 27.7 Å². The van der Waals surface area contributed by atoms with E-state index in [1.54, 1.807) is 10.6 Å². The molecule has 0 spiro atoms. The Kier molecular flexibility index (Phi) is 3.35. The van der Waals surface area contributed by atoms with Gasteiger partial charge in [-0.1, -0.05) is 15.9 Å². The standard InChI is InChI=1S/C13H9BrN2O2S2/c1-2-16-12(18)10(20-13(16)19)9-7-5-6(14)3-4-8(7)15-11(9)17/h3-5,18H,2H2,1H3. The minimum absolute atomic E-state index is 0.0360. The van der Waals surface area contributed by atoms with Crippen molar-refractivity contribution < 1.29 is 9.90 Å². The molecule has 2 heterocycles. The number of thiazole rings is 1. The highest BCUT2D eigenvalue weighted by Crippen LogP contribution is 2.32. The summed E-state index contributed by atoms with van der Waals surface area (Å²) in [6.45, 7) is 2.45. The summed E-state index contributed by atoms with van der Waals surface area (Å²) >= 11 is 9.83. The van der Waals surface area contributed by atoms with E-state index in [0.717, 1.165) is 9.69 Å². The molecule has 102 valence electrons. The molecule has 0 saturated carbocycles. The van der Waals surface area contributed by atoms with Gasteiger partial charge >= 0.3 is 0 Å². The minimum Gasteiger partial charge on any atom is -0.493 e. The van der Waals surface area contributed by atoms with E-state index >= 15 is 0 Å². The van der Waals surface area contributed by atoms with Gasteiger partial charge in [-0.25, -0.2) is 4.99 Å². The summed E-state index contributed by atoms with van der Waals surface area (Å²) in [4.78, 5) is 16.6. The molecule has 1 aliphatic heterocycles. The summed E-state index contributed by atoms with van der Waals surface area (Å²) in [6, 6.07) is 5.44. The molecule has 0 aliphatic carbocycles. The first-order chi connectivity index (χ1) is 9.52. The Balaban J connectivity index is 2.41. The van der Waals surface area contributed by atoms with Crippen molar-refractivity contribution in [3.8, 4) is 5.88 Å². The van der Waals surface area contributed by atoms with Crippen LogP contribution in [0.3, 0.4) is 0 Å². The van der Waals surface area contributed by atoms with E-state index in [1.807, 2.05) is 19.1 Å². The maximum Gasteiger partial charge on any atom is 0.279 e. The Labute approximate surface area is 131 Å². The number of aromatic hydroxyl groups is 1. The van der Waals surface area contributed by atoms with Crippen molar-refractivity contribution in [1.82, 2.24) is 4.57 Å². The monoisotopic (exact) mass is 368 g/mol. The van der Waals surface area contributed by atoms with Crippen molar-refractivity contribution in [3.05, 3.63) is 42.1 Å². The zero-order valence-corrected chi connectivity index (χ0v) is 13.6. The van der Waals surface area contributed by atoms with E-state index < -0.39 is 0 Å². The topological polar surface area (TPSA) is 54.6 Å². The molecule has 0 fully saturated rings. The van der Waals surface area contributed by atoms with Crippen molar-refractivity contribution in [2.45, 2.75) is 13.5 Å². The molecule has 20 heavy (non-hydrogen) atoms.